The van der Waals surface area contributed by atoms with Crippen LogP contribution in [-0.2, 0) is 20.0 Å². The number of hydrogen-bond acceptors (Lipinski definition) is 18. The first kappa shape index (κ1) is 60.8. The van der Waals surface area contributed by atoms with Crippen LogP contribution in [0.5, 0.6) is 11.8 Å². The summed E-state index contributed by atoms with van der Waals surface area (Å²) in [7, 11) is -8.61. The molecule has 9 heterocycles. The van der Waals surface area contributed by atoms with Gasteiger partial charge in [-0.2, -0.15) is 21.2 Å². The van der Waals surface area contributed by atoms with Crippen LogP contribution in [0, 0.1) is 28.6 Å². The van der Waals surface area contributed by atoms with Crippen LogP contribution in [0.15, 0.2) is 95.2 Å². The van der Waals surface area contributed by atoms with Gasteiger partial charge in [0.15, 0.2) is 21.7 Å². The third-order valence-electron chi connectivity index (χ3n) is 12.8. The van der Waals surface area contributed by atoms with E-state index in [0.29, 0.717) is 72.8 Å². The maximum Gasteiger partial charge on any atom is 0.281 e. The molecule has 2 saturated heterocycles. The second-order valence-corrected chi connectivity index (χ2v) is 27.2. The number of halogens is 2. The van der Waals surface area contributed by atoms with Gasteiger partial charge in [0.2, 0.25) is 17.7 Å². The second kappa shape index (κ2) is 24.5. The van der Waals surface area contributed by atoms with Gasteiger partial charge in [-0.3, -0.25) is 9.59 Å². The van der Waals surface area contributed by atoms with Crippen molar-refractivity contribution in [3.63, 3.8) is 0 Å². The van der Waals surface area contributed by atoms with Gasteiger partial charge >= 0.3 is 0 Å². The van der Waals surface area contributed by atoms with Gasteiger partial charge in [-0.05, 0) is 138 Å². The minimum atomic E-state index is -4.40. The van der Waals surface area contributed by atoms with E-state index in [1.165, 1.54) is 35.7 Å². The van der Waals surface area contributed by atoms with Crippen LogP contribution in [-0.4, -0.2) is 119 Å². The molecule has 4 bridgehead atoms. The van der Waals surface area contributed by atoms with E-state index < -0.39 is 42.8 Å². The lowest BCUT2D eigenvalue weighted by molar-refractivity contribution is 0.0972. The molecule has 3 aliphatic heterocycles. The first-order valence-electron chi connectivity index (χ1n) is 26.2. The first-order valence-corrected chi connectivity index (χ1v) is 29.5. The number of ether oxygens (including phenoxy) is 2. The number of amides is 2. The first-order chi connectivity index (χ1) is 37.4. The van der Waals surface area contributed by atoms with E-state index in [1.54, 1.807) is 58.2 Å². The van der Waals surface area contributed by atoms with Crippen molar-refractivity contribution >= 4 is 55.1 Å². The lowest BCUT2D eigenvalue weighted by Crippen LogP contribution is -2.41. The van der Waals surface area contributed by atoms with Gasteiger partial charge in [0.05, 0.1) is 24.3 Å². The lowest BCUT2D eigenvalue weighted by Gasteiger charge is -2.34. The van der Waals surface area contributed by atoms with Gasteiger partial charge < -0.3 is 30.7 Å². The Labute approximate surface area is 472 Å². The van der Waals surface area contributed by atoms with E-state index in [9.17, 15) is 30.8 Å². The van der Waals surface area contributed by atoms with E-state index in [2.05, 4.69) is 93.9 Å². The number of nitrogens with one attached hydrogen (secondary N) is 4. The van der Waals surface area contributed by atoms with Gasteiger partial charge in [-0.1, -0.05) is 65.3 Å². The Morgan fingerprint density at radius 2 is 1.48 bits per heavy atom. The maximum atomic E-state index is 13.5. The third kappa shape index (κ3) is 16.4. The van der Waals surface area contributed by atoms with Crippen molar-refractivity contribution in [2.45, 2.75) is 116 Å². The number of rotatable bonds is 11. The molecule has 2 unspecified atom stereocenters. The zero-order valence-corrected chi connectivity index (χ0v) is 49.1. The SMILES string of the molecule is CC(C)(C)COc1ccn(-c2ccc(C(=O)NS(=O)(=O)c3cccc(F)n3)c(Cl)n2)n1.CC(C)(C)COc1ccn(-c2ccc3c(n2)N2CC(CCNc4cccc(n4)S(=O)(=O)NC3=O)CC2(C)C)n1.CC1(C)CC(CCN)CN1. The van der Waals surface area contributed by atoms with Crippen LogP contribution in [0.4, 0.5) is 16.0 Å². The summed E-state index contributed by atoms with van der Waals surface area (Å²) in [5.41, 5.74) is 5.43. The maximum absolute atomic E-state index is 13.5. The van der Waals surface area contributed by atoms with Crippen LogP contribution in [0.2, 0.25) is 5.15 Å². The standard InChI is InChI=1S/C27H35N7O4S.C19H19ClFN5O4S.C8H18N2/c1-26(2,3)17-38-22-12-14-34(31-22)21-10-9-19-24(30-21)33-16-18(15-27(33,4)5)11-13-28-20-7-6-8-23(29-20)39(36,37)32-25(19)35;1-19(2,3)11-30-15-9-10-26(24-15)14-8-7-12(17(20)23-14)18(27)25-31(28,29)16-6-4-5-13(21)22-16;1-8(2)5-7(3-4-9)6-10-8/h6-10,12,14,18H,11,13,15-17H2,1-5H3,(H,28,29)(H,32,35);4-10H,11H2,1-3H3,(H,25,27);7,10H,3-6,9H2,1-2H3. The Morgan fingerprint density at radius 1 is 0.850 bits per heavy atom. The molecule has 22 nitrogen and oxygen atoms in total. The molecule has 0 radical (unpaired) electrons. The Bertz CT molecular complexity index is 3400. The highest BCUT2D eigenvalue weighted by atomic mass is 35.5. The van der Waals surface area contributed by atoms with Crippen molar-refractivity contribution in [2.75, 3.05) is 49.6 Å². The fourth-order valence-corrected chi connectivity index (χ4v) is 11.1. The zero-order chi connectivity index (χ0) is 58.4. The smallest absolute Gasteiger partial charge is 0.281 e. The molecule has 26 heteroatoms. The van der Waals surface area contributed by atoms with Gasteiger partial charge in [-0.25, -0.2) is 38.7 Å². The van der Waals surface area contributed by atoms with Crippen molar-refractivity contribution in [3.05, 3.63) is 107 Å². The summed E-state index contributed by atoms with van der Waals surface area (Å²) in [6, 6.07) is 17.3. The molecule has 2 amide bonds. The Hall–Kier alpha value is -6.80. The molecule has 6 N–H and O–H groups in total. The molecule has 6 aromatic heterocycles. The molecule has 6 aromatic rings. The molecule has 3 aliphatic rings. The molecule has 9 rings (SSSR count). The second-order valence-electron chi connectivity index (χ2n) is 23.6. The van der Waals surface area contributed by atoms with Crippen LogP contribution in [0.3, 0.4) is 0 Å². The van der Waals surface area contributed by atoms with E-state index >= 15 is 0 Å². The van der Waals surface area contributed by atoms with Gasteiger partial charge in [-0.15, -0.1) is 10.2 Å². The summed E-state index contributed by atoms with van der Waals surface area (Å²) < 4.78 is 82.3. The minimum Gasteiger partial charge on any atom is -0.476 e. The fraction of sp³-hybridized carbons (Fsp3) is 0.481. The number of sulfonamides is 2. The molecule has 0 aromatic carbocycles. The number of nitrogens with two attached hydrogens (primary N) is 1. The third-order valence-corrected chi connectivity index (χ3v) is 15.6. The summed E-state index contributed by atoms with van der Waals surface area (Å²) in [5.74, 6) is 0.867. The number of hydrogen-bond donors (Lipinski definition) is 5. The zero-order valence-electron chi connectivity index (χ0n) is 46.7. The molecular formula is C54H72ClFN14O8S2. The molecule has 0 saturated carbocycles. The van der Waals surface area contributed by atoms with Crippen LogP contribution in [0.25, 0.3) is 11.6 Å². The summed E-state index contributed by atoms with van der Waals surface area (Å²) in [6.45, 7) is 25.3. The van der Waals surface area contributed by atoms with Crippen molar-refractivity contribution in [1.29, 1.82) is 0 Å². The largest absolute Gasteiger partial charge is 0.476 e. The summed E-state index contributed by atoms with van der Waals surface area (Å²) in [4.78, 5) is 44.4. The normalized spacial score (nSPS) is 18.4. The number of aromatic nitrogens is 8. The topological polar surface area (TPSA) is 285 Å². The fourth-order valence-electron chi connectivity index (χ4n) is 9.02. The number of fused-ring (bicyclic) bond motifs is 6. The molecule has 2 fully saturated rings. The highest BCUT2D eigenvalue weighted by Gasteiger charge is 2.41. The Balaban J connectivity index is 0.000000200. The average Bonchev–Trinajstić information content (AvgIpc) is 4.20. The monoisotopic (exact) mass is 1160 g/mol. The van der Waals surface area contributed by atoms with E-state index in [-0.39, 0.29) is 37.7 Å². The summed E-state index contributed by atoms with van der Waals surface area (Å²) in [5, 5.41) is 14.3. The van der Waals surface area contributed by atoms with Crippen LogP contribution in [0.1, 0.15) is 116 Å². The van der Waals surface area contributed by atoms with Crippen LogP contribution < -0.4 is 40.2 Å². The summed E-state index contributed by atoms with van der Waals surface area (Å²) >= 11 is 6.09. The van der Waals surface area contributed by atoms with Crippen molar-refractivity contribution in [2.24, 2.45) is 28.4 Å². The van der Waals surface area contributed by atoms with Gasteiger partial charge in [0, 0.05) is 48.7 Å². The molecule has 432 valence electrons. The Kier molecular flexibility index (Phi) is 18.6. The lowest BCUT2D eigenvalue weighted by atomic mass is 9.94. The highest BCUT2D eigenvalue weighted by Crippen LogP contribution is 2.39. The Morgan fingerprint density at radius 3 is 2.06 bits per heavy atom. The van der Waals surface area contributed by atoms with Crippen molar-refractivity contribution < 1.29 is 40.3 Å². The van der Waals surface area contributed by atoms with Gasteiger partial charge in [0.1, 0.15) is 16.8 Å². The van der Waals surface area contributed by atoms with E-state index in [1.807, 2.05) is 20.8 Å². The van der Waals surface area contributed by atoms with Gasteiger partial charge in [0.25, 0.3) is 31.9 Å². The molecule has 80 heavy (non-hydrogen) atoms. The van der Waals surface area contributed by atoms with Crippen LogP contribution >= 0.6 is 11.6 Å². The van der Waals surface area contributed by atoms with Crippen molar-refractivity contribution in [1.82, 2.24) is 54.3 Å². The number of carbonyl (C=O) groups is 2. The minimum absolute atomic E-state index is 0.0186. The number of pyridine rings is 4. The predicted octanol–water partition coefficient (Wildman–Crippen LogP) is 7.35. The quantitative estimate of drug-likeness (QED) is 0.0793. The number of anilines is 2. The van der Waals surface area contributed by atoms with E-state index in [0.717, 1.165) is 50.0 Å². The van der Waals surface area contributed by atoms with E-state index in [4.69, 9.17) is 31.8 Å². The average molecular weight is 1160 g/mol. The molecule has 2 atom stereocenters. The number of nitrogens with zero attached hydrogens (tertiary/aromatic N) is 9. The molecular weight excluding hydrogens is 1090 g/mol. The summed E-state index contributed by atoms with van der Waals surface area (Å²) in [6.07, 6.45) is 7.56. The molecule has 0 aliphatic carbocycles. The highest BCUT2D eigenvalue weighted by molar-refractivity contribution is 7.90. The van der Waals surface area contributed by atoms with Crippen molar-refractivity contribution in [3.8, 4) is 23.4 Å². The molecule has 0 spiro atoms. The predicted molar refractivity (Wildman–Crippen MR) is 302 cm³/mol. The number of carbonyl (C=O) groups excluding carboxylic acids is 2.